The van der Waals surface area contributed by atoms with Crippen LogP contribution in [-0.2, 0) is 6.61 Å². The van der Waals surface area contributed by atoms with Gasteiger partial charge in [0.15, 0.2) is 6.23 Å². The van der Waals surface area contributed by atoms with Crippen LogP contribution in [0.2, 0.25) is 0 Å². The fourth-order valence-corrected chi connectivity index (χ4v) is 4.47. The molecule has 0 radical (unpaired) electrons. The number of rotatable bonds is 5. The largest absolute Gasteiger partial charge is 0.475 e. The van der Waals surface area contributed by atoms with E-state index in [0.717, 1.165) is 35.4 Å². The Hall–Kier alpha value is -2.70. The predicted octanol–water partition coefficient (Wildman–Crippen LogP) is 3.62. The van der Waals surface area contributed by atoms with Crippen LogP contribution in [0.4, 0.5) is 0 Å². The SMILES string of the molecule is O=c1nc2ccc(CO)cc2cn1-c1ccc(OC2CCCCN2C2CCC2)cc1. The standard InChI is InChI=1S/C24H27N3O3/c28-16-17-7-12-22-18(14-17)15-27(24(29)25-22)20-8-10-21(11-9-20)30-23-6-1-2-13-26(23)19-4-3-5-19/h7-12,14-15,19,23,28H,1-6,13,16H2. The number of likely N-dealkylation sites (tertiary alicyclic amines) is 1. The van der Waals surface area contributed by atoms with Gasteiger partial charge in [-0.15, -0.1) is 0 Å². The van der Waals surface area contributed by atoms with Crippen LogP contribution in [0.3, 0.4) is 0 Å². The zero-order chi connectivity index (χ0) is 20.5. The van der Waals surface area contributed by atoms with Gasteiger partial charge in [0, 0.05) is 24.2 Å². The molecule has 6 nitrogen and oxygen atoms in total. The maximum Gasteiger partial charge on any atom is 0.352 e. The number of hydrogen-bond donors (Lipinski definition) is 1. The van der Waals surface area contributed by atoms with E-state index in [-0.39, 0.29) is 18.5 Å². The fourth-order valence-electron chi connectivity index (χ4n) is 4.47. The van der Waals surface area contributed by atoms with Crippen LogP contribution < -0.4 is 10.4 Å². The highest BCUT2D eigenvalue weighted by Gasteiger charge is 2.33. The van der Waals surface area contributed by atoms with Gasteiger partial charge < -0.3 is 9.84 Å². The first-order valence-corrected chi connectivity index (χ1v) is 10.9. The van der Waals surface area contributed by atoms with Gasteiger partial charge in [0.1, 0.15) is 5.75 Å². The third kappa shape index (κ3) is 3.73. The summed E-state index contributed by atoms with van der Waals surface area (Å²) in [4.78, 5) is 19.2. The van der Waals surface area contributed by atoms with E-state index in [0.29, 0.717) is 11.6 Å². The summed E-state index contributed by atoms with van der Waals surface area (Å²) in [6.45, 7) is 1.08. The first-order chi connectivity index (χ1) is 14.7. The molecule has 2 aliphatic rings. The van der Waals surface area contributed by atoms with Crippen molar-refractivity contribution in [3.05, 3.63) is 64.7 Å². The molecule has 1 atom stereocenters. The minimum Gasteiger partial charge on any atom is -0.475 e. The number of piperidine rings is 1. The number of benzene rings is 2. The molecular formula is C24H27N3O3. The number of nitrogens with zero attached hydrogens (tertiary/aromatic N) is 3. The van der Waals surface area contributed by atoms with Crippen LogP contribution in [0.15, 0.2) is 53.5 Å². The molecule has 3 aromatic rings. The first kappa shape index (κ1) is 19.3. The maximum atomic E-state index is 12.5. The van der Waals surface area contributed by atoms with E-state index in [1.165, 1.54) is 36.7 Å². The Bertz CT molecular complexity index is 1090. The summed E-state index contributed by atoms with van der Waals surface area (Å²) in [5.74, 6) is 0.833. The van der Waals surface area contributed by atoms with Crippen LogP contribution in [0.5, 0.6) is 5.75 Å². The Balaban J connectivity index is 1.38. The lowest BCUT2D eigenvalue weighted by atomic mass is 9.89. The summed E-state index contributed by atoms with van der Waals surface area (Å²) >= 11 is 0. The summed E-state index contributed by atoms with van der Waals surface area (Å²) in [7, 11) is 0. The summed E-state index contributed by atoms with van der Waals surface area (Å²) in [5.41, 5.74) is 1.84. The molecule has 1 aromatic heterocycles. The maximum absolute atomic E-state index is 12.5. The second-order valence-corrected chi connectivity index (χ2v) is 8.33. The first-order valence-electron chi connectivity index (χ1n) is 10.9. The molecule has 156 valence electrons. The zero-order valence-corrected chi connectivity index (χ0v) is 17.0. The molecule has 0 spiro atoms. The predicted molar refractivity (Wildman–Crippen MR) is 116 cm³/mol. The van der Waals surface area contributed by atoms with Crippen LogP contribution >= 0.6 is 0 Å². The molecule has 2 fully saturated rings. The molecule has 1 saturated carbocycles. The minimum atomic E-state index is -0.323. The highest BCUT2D eigenvalue weighted by atomic mass is 16.5. The Labute approximate surface area is 175 Å². The van der Waals surface area contributed by atoms with Gasteiger partial charge in [0.25, 0.3) is 0 Å². The quantitative estimate of drug-likeness (QED) is 0.702. The van der Waals surface area contributed by atoms with Crippen molar-refractivity contribution in [2.24, 2.45) is 0 Å². The van der Waals surface area contributed by atoms with Crippen molar-refractivity contribution in [2.45, 2.75) is 57.4 Å². The molecule has 2 heterocycles. The third-order valence-corrected chi connectivity index (χ3v) is 6.38. The number of aliphatic hydroxyl groups excluding tert-OH is 1. The van der Waals surface area contributed by atoms with E-state index in [1.807, 2.05) is 30.3 Å². The van der Waals surface area contributed by atoms with Gasteiger partial charge in [-0.3, -0.25) is 9.47 Å². The van der Waals surface area contributed by atoms with E-state index >= 15 is 0 Å². The third-order valence-electron chi connectivity index (χ3n) is 6.38. The summed E-state index contributed by atoms with van der Waals surface area (Å²) in [6, 6.07) is 13.8. The smallest absolute Gasteiger partial charge is 0.352 e. The van der Waals surface area contributed by atoms with Gasteiger partial charge >= 0.3 is 5.69 Å². The number of hydrogen-bond acceptors (Lipinski definition) is 5. The molecule has 1 unspecified atom stereocenters. The molecule has 0 bridgehead atoms. The van der Waals surface area contributed by atoms with Crippen LogP contribution in [0, 0.1) is 0 Å². The molecule has 1 aliphatic carbocycles. The normalized spacial score (nSPS) is 20.2. The molecule has 1 aliphatic heterocycles. The molecule has 0 amide bonds. The van der Waals surface area contributed by atoms with Crippen molar-refractivity contribution in [3.63, 3.8) is 0 Å². The second kappa shape index (κ2) is 8.20. The van der Waals surface area contributed by atoms with Crippen molar-refractivity contribution in [1.82, 2.24) is 14.5 Å². The van der Waals surface area contributed by atoms with Crippen LogP contribution in [-0.4, -0.2) is 38.4 Å². The molecular weight excluding hydrogens is 378 g/mol. The van der Waals surface area contributed by atoms with Crippen LogP contribution in [0.25, 0.3) is 16.6 Å². The van der Waals surface area contributed by atoms with Crippen molar-refractivity contribution in [1.29, 1.82) is 0 Å². The van der Waals surface area contributed by atoms with Crippen LogP contribution in [0.1, 0.15) is 44.1 Å². The summed E-state index contributed by atoms with van der Waals surface area (Å²) in [6.07, 6.45) is 9.36. The van der Waals surface area contributed by atoms with E-state index < -0.39 is 0 Å². The number of aromatic nitrogens is 2. The molecule has 1 saturated heterocycles. The molecule has 30 heavy (non-hydrogen) atoms. The second-order valence-electron chi connectivity index (χ2n) is 8.33. The van der Waals surface area contributed by atoms with Gasteiger partial charge in [0.2, 0.25) is 0 Å². The van der Waals surface area contributed by atoms with E-state index in [4.69, 9.17) is 4.74 Å². The molecule has 6 heteroatoms. The van der Waals surface area contributed by atoms with Gasteiger partial charge in [-0.2, -0.15) is 4.98 Å². The molecule has 5 rings (SSSR count). The monoisotopic (exact) mass is 405 g/mol. The average molecular weight is 405 g/mol. The summed E-state index contributed by atoms with van der Waals surface area (Å²) < 4.78 is 7.88. The highest BCUT2D eigenvalue weighted by molar-refractivity contribution is 5.78. The van der Waals surface area contributed by atoms with Gasteiger partial charge in [-0.1, -0.05) is 12.5 Å². The van der Waals surface area contributed by atoms with Crippen molar-refractivity contribution >= 4 is 10.9 Å². The fraction of sp³-hybridized carbons (Fsp3) is 0.417. The van der Waals surface area contributed by atoms with Crippen molar-refractivity contribution in [2.75, 3.05) is 6.54 Å². The minimum absolute atomic E-state index is 0.0415. The Morgan fingerprint density at radius 3 is 2.60 bits per heavy atom. The van der Waals surface area contributed by atoms with Crippen molar-refractivity contribution in [3.8, 4) is 11.4 Å². The molecule has 2 aromatic carbocycles. The lowest BCUT2D eigenvalue weighted by Gasteiger charge is -2.44. The van der Waals surface area contributed by atoms with Crippen molar-refractivity contribution < 1.29 is 9.84 Å². The average Bonchev–Trinajstić information content (AvgIpc) is 2.74. The number of fused-ring (bicyclic) bond motifs is 1. The van der Waals surface area contributed by atoms with E-state index in [1.54, 1.807) is 18.3 Å². The lowest BCUT2D eigenvalue weighted by Crippen LogP contribution is -2.51. The Kier molecular flexibility index (Phi) is 5.27. The Morgan fingerprint density at radius 1 is 1.03 bits per heavy atom. The van der Waals surface area contributed by atoms with Gasteiger partial charge in [-0.25, -0.2) is 4.79 Å². The van der Waals surface area contributed by atoms with Gasteiger partial charge in [-0.05, 0) is 74.1 Å². The Morgan fingerprint density at radius 2 is 1.87 bits per heavy atom. The highest BCUT2D eigenvalue weighted by Crippen LogP contribution is 2.32. The topological polar surface area (TPSA) is 67.6 Å². The zero-order valence-electron chi connectivity index (χ0n) is 17.0. The van der Waals surface area contributed by atoms with E-state index in [9.17, 15) is 9.90 Å². The number of ether oxygens (including phenoxy) is 1. The van der Waals surface area contributed by atoms with E-state index in [2.05, 4.69) is 9.88 Å². The molecule has 1 N–H and O–H groups in total. The van der Waals surface area contributed by atoms with Gasteiger partial charge in [0.05, 0.1) is 17.8 Å². The summed E-state index contributed by atoms with van der Waals surface area (Å²) in [5, 5.41) is 10.2. The number of aliphatic hydroxyl groups is 1. The lowest BCUT2D eigenvalue weighted by molar-refractivity contribution is -0.0523.